The summed E-state index contributed by atoms with van der Waals surface area (Å²) in [5.74, 6) is 1.32. The molecule has 22 heavy (non-hydrogen) atoms. The highest BCUT2D eigenvalue weighted by molar-refractivity contribution is 7.86. The first-order valence-corrected chi connectivity index (χ1v) is 9.20. The van der Waals surface area contributed by atoms with Crippen LogP contribution in [0.4, 0.5) is 0 Å². The molecular formula is C15H31N3O3S. The number of hydrogen-bond donors (Lipinski definition) is 2. The van der Waals surface area contributed by atoms with E-state index in [1.165, 1.54) is 0 Å². The van der Waals surface area contributed by atoms with E-state index in [4.69, 9.17) is 9.47 Å². The summed E-state index contributed by atoms with van der Waals surface area (Å²) in [6.45, 7) is 10.7. The van der Waals surface area contributed by atoms with Gasteiger partial charge in [0.2, 0.25) is 0 Å². The van der Waals surface area contributed by atoms with Crippen molar-refractivity contribution in [1.82, 2.24) is 10.6 Å². The van der Waals surface area contributed by atoms with Gasteiger partial charge in [0.25, 0.3) is 0 Å². The Kier molecular flexibility index (Phi) is 8.35. The Morgan fingerprint density at radius 2 is 2.23 bits per heavy atom. The van der Waals surface area contributed by atoms with Gasteiger partial charge >= 0.3 is 0 Å². The number of ether oxygens (including phenoxy) is 2. The van der Waals surface area contributed by atoms with Crippen molar-refractivity contribution in [3.63, 3.8) is 0 Å². The molecule has 0 aromatic rings. The largest absolute Gasteiger partial charge is 0.379 e. The van der Waals surface area contributed by atoms with E-state index in [1.807, 2.05) is 20.8 Å². The van der Waals surface area contributed by atoms with Crippen LogP contribution in [0.2, 0.25) is 0 Å². The van der Waals surface area contributed by atoms with Gasteiger partial charge in [0.15, 0.2) is 5.96 Å². The lowest BCUT2D eigenvalue weighted by molar-refractivity contribution is 0.0348. The Labute approximate surface area is 136 Å². The maximum Gasteiger partial charge on any atom is 0.191 e. The molecule has 1 fully saturated rings. The van der Waals surface area contributed by atoms with Crippen molar-refractivity contribution in [3.05, 3.63) is 0 Å². The molecule has 1 aliphatic rings. The predicted molar refractivity (Wildman–Crippen MR) is 91.9 cm³/mol. The first-order valence-electron chi connectivity index (χ1n) is 7.88. The van der Waals surface area contributed by atoms with Gasteiger partial charge in [-0.2, -0.15) is 0 Å². The van der Waals surface area contributed by atoms with Crippen LogP contribution in [0.3, 0.4) is 0 Å². The van der Waals surface area contributed by atoms with E-state index in [9.17, 15) is 4.21 Å². The van der Waals surface area contributed by atoms with E-state index in [1.54, 1.807) is 7.05 Å². The zero-order chi connectivity index (χ0) is 16.6. The Hall–Kier alpha value is -0.660. The molecule has 1 saturated heterocycles. The summed E-state index contributed by atoms with van der Waals surface area (Å²) in [5.41, 5.74) is 0. The van der Waals surface area contributed by atoms with Crippen LogP contribution in [0.1, 0.15) is 34.1 Å². The van der Waals surface area contributed by atoms with Crippen LogP contribution in [-0.2, 0) is 20.3 Å². The number of rotatable bonds is 7. The fraction of sp³-hybridized carbons (Fsp3) is 0.933. The van der Waals surface area contributed by atoms with Gasteiger partial charge in [0.05, 0.1) is 19.3 Å². The van der Waals surface area contributed by atoms with Crippen LogP contribution in [0.5, 0.6) is 0 Å². The van der Waals surface area contributed by atoms with E-state index in [0.717, 1.165) is 13.0 Å². The van der Waals surface area contributed by atoms with Gasteiger partial charge in [0.1, 0.15) is 0 Å². The molecule has 0 spiro atoms. The Bertz CT molecular complexity index is 377. The predicted octanol–water partition coefficient (Wildman–Crippen LogP) is 0.893. The standard InChI is InChI=1S/C15H31N3O3S/c1-12(10-21-13-6-8-20-11-13)18-14(16-5)17-7-9-22(19)15(2,3)4/h12-13H,6-11H2,1-5H3,(H2,16,17,18). The number of aliphatic imine (C=N–C) groups is 1. The molecule has 1 aliphatic heterocycles. The number of nitrogens with one attached hydrogen (secondary N) is 2. The fourth-order valence-electron chi connectivity index (χ4n) is 1.96. The highest BCUT2D eigenvalue weighted by Gasteiger charge is 2.19. The fourth-order valence-corrected chi connectivity index (χ4v) is 2.86. The van der Waals surface area contributed by atoms with Crippen LogP contribution >= 0.6 is 0 Å². The highest BCUT2D eigenvalue weighted by Crippen LogP contribution is 2.10. The number of nitrogens with zero attached hydrogens (tertiary/aromatic N) is 1. The third kappa shape index (κ3) is 7.56. The first kappa shape index (κ1) is 19.4. The average molecular weight is 333 g/mol. The smallest absolute Gasteiger partial charge is 0.191 e. The van der Waals surface area contributed by atoms with Gasteiger partial charge in [-0.3, -0.25) is 9.20 Å². The van der Waals surface area contributed by atoms with Crippen LogP contribution in [-0.4, -0.2) is 66.2 Å². The van der Waals surface area contributed by atoms with Crippen molar-refractivity contribution in [2.75, 3.05) is 39.2 Å². The van der Waals surface area contributed by atoms with Crippen molar-refractivity contribution in [1.29, 1.82) is 0 Å². The number of hydrogen-bond acceptors (Lipinski definition) is 4. The lowest BCUT2D eigenvalue weighted by Gasteiger charge is -2.21. The third-order valence-electron chi connectivity index (χ3n) is 3.34. The molecule has 6 nitrogen and oxygen atoms in total. The lowest BCUT2D eigenvalue weighted by atomic mass is 10.3. The molecule has 130 valence electrons. The van der Waals surface area contributed by atoms with Crippen molar-refractivity contribution < 1.29 is 13.7 Å². The number of guanidine groups is 1. The van der Waals surface area contributed by atoms with E-state index >= 15 is 0 Å². The quantitative estimate of drug-likeness (QED) is 0.535. The molecule has 0 saturated carbocycles. The minimum Gasteiger partial charge on any atom is -0.379 e. The van der Waals surface area contributed by atoms with E-state index < -0.39 is 10.8 Å². The van der Waals surface area contributed by atoms with Crippen molar-refractivity contribution in [2.24, 2.45) is 4.99 Å². The van der Waals surface area contributed by atoms with E-state index in [2.05, 4.69) is 22.5 Å². The minimum atomic E-state index is -0.857. The zero-order valence-corrected chi connectivity index (χ0v) is 15.3. The molecule has 2 N–H and O–H groups in total. The molecular weight excluding hydrogens is 302 g/mol. The zero-order valence-electron chi connectivity index (χ0n) is 14.5. The van der Waals surface area contributed by atoms with E-state index in [0.29, 0.717) is 31.5 Å². The van der Waals surface area contributed by atoms with Gasteiger partial charge in [-0.05, 0) is 34.1 Å². The first-order chi connectivity index (χ1) is 10.3. The molecule has 3 unspecified atom stereocenters. The lowest BCUT2D eigenvalue weighted by Crippen LogP contribution is -2.46. The molecule has 0 aromatic carbocycles. The molecule has 1 heterocycles. The molecule has 0 amide bonds. The topological polar surface area (TPSA) is 72.0 Å². The monoisotopic (exact) mass is 333 g/mol. The summed E-state index contributed by atoms with van der Waals surface area (Å²) in [5, 5.41) is 6.47. The van der Waals surface area contributed by atoms with Crippen molar-refractivity contribution >= 4 is 16.8 Å². The Morgan fingerprint density at radius 1 is 1.50 bits per heavy atom. The molecule has 1 rings (SSSR count). The minimum absolute atomic E-state index is 0.153. The second-order valence-electron chi connectivity index (χ2n) is 6.53. The summed E-state index contributed by atoms with van der Waals surface area (Å²) >= 11 is 0. The molecule has 0 radical (unpaired) electrons. The van der Waals surface area contributed by atoms with Gasteiger partial charge in [-0.1, -0.05) is 0 Å². The molecule has 0 aliphatic carbocycles. The van der Waals surface area contributed by atoms with Crippen molar-refractivity contribution in [3.8, 4) is 0 Å². The van der Waals surface area contributed by atoms with Gasteiger partial charge in [-0.25, -0.2) is 0 Å². The average Bonchev–Trinajstić information content (AvgIpc) is 2.96. The SMILES string of the molecule is CN=C(NCCS(=O)C(C)(C)C)NC(C)COC1CCOC1. The van der Waals surface area contributed by atoms with Crippen LogP contribution in [0.25, 0.3) is 0 Å². The summed E-state index contributed by atoms with van der Waals surface area (Å²) in [6, 6.07) is 0.153. The summed E-state index contributed by atoms with van der Waals surface area (Å²) in [6.07, 6.45) is 1.19. The van der Waals surface area contributed by atoms with Gasteiger partial charge < -0.3 is 20.1 Å². The second kappa shape index (κ2) is 9.47. The summed E-state index contributed by atoms with van der Waals surface area (Å²) in [4.78, 5) is 4.18. The normalized spacial score (nSPS) is 22.4. The Morgan fingerprint density at radius 3 is 2.77 bits per heavy atom. The molecule has 3 atom stereocenters. The van der Waals surface area contributed by atoms with Gasteiger partial charge in [0, 0.05) is 47.5 Å². The molecule has 0 bridgehead atoms. The molecule has 0 aromatic heterocycles. The maximum atomic E-state index is 12.0. The highest BCUT2D eigenvalue weighted by atomic mass is 32.2. The third-order valence-corrected chi connectivity index (χ3v) is 5.28. The Balaban J connectivity index is 2.22. The maximum absolute atomic E-state index is 12.0. The van der Waals surface area contributed by atoms with Crippen molar-refractivity contribution in [2.45, 2.75) is 51.0 Å². The summed E-state index contributed by atoms with van der Waals surface area (Å²) in [7, 11) is 0.873. The van der Waals surface area contributed by atoms with Crippen LogP contribution in [0, 0.1) is 0 Å². The van der Waals surface area contributed by atoms with Crippen LogP contribution in [0.15, 0.2) is 4.99 Å². The van der Waals surface area contributed by atoms with Gasteiger partial charge in [-0.15, -0.1) is 0 Å². The second-order valence-corrected chi connectivity index (χ2v) is 8.85. The van der Waals surface area contributed by atoms with Crippen LogP contribution < -0.4 is 10.6 Å². The van der Waals surface area contributed by atoms with E-state index in [-0.39, 0.29) is 16.9 Å². The summed E-state index contributed by atoms with van der Waals surface area (Å²) < 4.78 is 22.9. The molecule has 7 heteroatoms.